The summed E-state index contributed by atoms with van der Waals surface area (Å²) in [5.74, 6) is 0.442. The number of amides is 2. The molecule has 0 N–H and O–H groups in total. The van der Waals surface area contributed by atoms with Crippen LogP contribution in [0.25, 0.3) is 0 Å². The Morgan fingerprint density at radius 2 is 1.76 bits per heavy atom. The molecule has 4 nitrogen and oxygen atoms in total. The lowest BCUT2D eigenvalue weighted by Gasteiger charge is -2.35. The Morgan fingerprint density at radius 3 is 2.48 bits per heavy atom. The Hall–Kier alpha value is -1.85. The van der Waals surface area contributed by atoms with Crippen LogP contribution in [-0.4, -0.2) is 47.3 Å². The van der Waals surface area contributed by atoms with E-state index in [1.807, 2.05) is 40.1 Å². The van der Waals surface area contributed by atoms with E-state index in [-0.39, 0.29) is 17.9 Å². The third-order valence-corrected chi connectivity index (χ3v) is 6.29. The number of carbonyl (C=O) groups is 2. The third kappa shape index (κ3) is 3.31. The summed E-state index contributed by atoms with van der Waals surface area (Å²) in [6, 6.07) is 13.0. The van der Waals surface area contributed by atoms with Crippen molar-refractivity contribution in [1.29, 1.82) is 0 Å². The van der Waals surface area contributed by atoms with Crippen molar-refractivity contribution in [1.82, 2.24) is 9.80 Å². The maximum absolute atomic E-state index is 12.9. The standard InChI is InChI=1S/C19H19ClN2O2S/c20-17-9-8-16(25-17)19(24)22-11-13-6-7-15(22)12-21(10-13)18(23)14-4-2-1-3-5-14/h1-5,8-9,13,15H,6-7,10-12H2/t13-,15+/m0/s1. The first kappa shape index (κ1) is 16.6. The molecule has 130 valence electrons. The molecule has 6 heteroatoms. The Kier molecular flexibility index (Phi) is 4.52. The highest BCUT2D eigenvalue weighted by Gasteiger charge is 2.39. The van der Waals surface area contributed by atoms with Crippen molar-refractivity contribution in [3.05, 3.63) is 57.2 Å². The number of carbonyl (C=O) groups excluding carboxylic acids is 2. The second-order valence-corrected chi connectivity index (χ2v) is 8.45. The molecule has 0 spiro atoms. The Labute approximate surface area is 156 Å². The van der Waals surface area contributed by atoms with E-state index in [9.17, 15) is 9.59 Å². The molecular weight excluding hydrogens is 356 g/mol. The molecule has 0 aliphatic carbocycles. The second kappa shape index (κ2) is 6.81. The third-order valence-electron chi connectivity index (χ3n) is 5.07. The molecule has 5 rings (SSSR count). The van der Waals surface area contributed by atoms with Gasteiger partial charge in [0.25, 0.3) is 11.8 Å². The van der Waals surface area contributed by atoms with Crippen molar-refractivity contribution >= 4 is 34.8 Å². The van der Waals surface area contributed by atoms with Gasteiger partial charge in [0.1, 0.15) is 0 Å². The van der Waals surface area contributed by atoms with E-state index in [4.69, 9.17) is 11.6 Å². The number of nitrogens with zero attached hydrogens (tertiary/aromatic N) is 2. The lowest BCUT2D eigenvalue weighted by molar-refractivity contribution is 0.0579. The average molecular weight is 375 g/mol. The van der Waals surface area contributed by atoms with Crippen molar-refractivity contribution in [2.75, 3.05) is 19.6 Å². The predicted molar refractivity (Wildman–Crippen MR) is 99.2 cm³/mol. The van der Waals surface area contributed by atoms with Crippen LogP contribution in [0, 0.1) is 5.92 Å². The lowest BCUT2D eigenvalue weighted by atomic mass is 9.95. The van der Waals surface area contributed by atoms with E-state index in [1.54, 1.807) is 12.1 Å². The van der Waals surface area contributed by atoms with Gasteiger partial charge in [0, 0.05) is 31.2 Å². The lowest BCUT2D eigenvalue weighted by Crippen LogP contribution is -2.47. The van der Waals surface area contributed by atoms with Crippen LogP contribution in [0.4, 0.5) is 0 Å². The van der Waals surface area contributed by atoms with Gasteiger partial charge in [-0.15, -0.1) is 11.3 Å². The normalized spacial score (nSPS) is 22.8. The predicted octanol–water partition coefficient (Wildman–Crippen LogP) is 3.78. The zero-order valence-electron chi connectivity index (χ0n) is 13.7. The Bertz CT molecular complexity index is 792. The van der Waals surface area contributed by atoms with Crippen LogP contribution in [0.2, 0.25) is 4.34 Å². The van der Waals surface area contributed by atoms with Gasteiger partial charge in [-0.1, -0.05) is 29.8 Å². The van der Waals surface area contributed by atoms with E-state index in [1.165, 1.54) is 11.3 Å². The molecular formula is C19H19ClN2O2S. The summed E-state index contributed by atoms with van der Waals surface area (Å²) in [6.07, 6.45) is 2.02. The fourth-order valence-corrected chi connectivity index (χ4v) is 4.83. The van der Waals surface area contributed by atoms with Gasteiger partial charge in [-0.2, -0.15) is 0 Å². The largest absolute Gasteiger partial charge is 0.336 e. The van der Waals surface area contributed by atoms with Crippen LogP contribution in [0.1, 0.15) is 32.9 Å². The van der Waals surface area contributed by atoms with Crippen LogP contribution >= 0.6 is 22.9 Å². The van der Waals surface area contributed by atoms with Gasteiger partial charge in [0.15, 0.2) is 0 Å². The van der Waals surface area contributed by atoms with Crippen molar-refractivity contribution in [3.8, 4) is 0 Å². The molecule has 3 saturated heterocycles. The number of hydrogen-bond acceptors (Lipinski definition) is 3. The molecule has 25 heavy (non-hydrogen) atoms. The first-order valence-electron chi connectivity index (χ1n) is 8.52. The van der Waals surface area contributed by atoms with E-state index in [2.05, 4.69) is 0 Å². The zero-order chi connectivity index (χ0) is 17.4. The molecule has 3 fully saturated rings. The summed E-state index contributed by atoms with van der Waals surface area (Å²) in [6.45, 7) is 2.05. The van der Waals surface area contributed by atoms with E-state index in [0.29, 0.717) is 27.2 Å². The molecule has 1 aromatic heterocycles. The monoisotopic (exact) mass is 374 g/mol. The van der Waals surface area contributed by atoms with Crippen LogP contribution in [0.15, 0.2) is 42.5 Å². The van der Waals surface area contributed by atoms with Crippen LogP contribution < -0.4 is 0 Å². The van der Waals surface area contributed by atoms with E-state index in [0.717, 1.165) is 25.9 Å². The molecule has 2 amide bonds. The molecule has 2 bridgehead atoms. The minimum absolute atomic E-state index is 0.0422. The Balaban J connectivity index is 1.54. The smallest absolute Gasteiger partial charge is 0.264 e. The van der Waals surface area contributed by atoms with Gasteiger partial charge >= 0.3 is 0 Å². The van der Waals surface area contributed by atoms with Crippen LogP contribution in [0.5, 0.6) is 0 Å². The number of rotatable bonds is 2. The molecule has 1 aromatic carbocycles. The number of benzene rings is 1. The number of halogens is 1. The first-order valence-corrected chi connectivity index (χ1v) is 9.72. The van der Waals surface area contributed by atoms with Crippen molar-refractivity contribution < 1.29 is 9.59 Å². The fourth-order valence-electron chi connectivity index (χ4n) is 3.83. The molecule has 2 aromatic rings. The SMILES string of the molecule is O=C(c1ccccc1)N1C[C@@H]2CC[C@H](C1)N(C(=O)c1ccc(Cl)s1)C2. The maximum atomic E-state index is 12.9. The molecule has 3 aliphatic rings. The molecule has 4 heterocycles. The number of hydrogen-bond donors (Lipinski definition) is 0. The highest BCUT2D eigenvalue weighted by molar-refractivity contribution is 7.17. The summed E-state index contributed by atoms with van der Waals surface area (Å²) in [5, 5.41) is 0. The molecule has 0 unspecified atom stereocenters. The zero-order valence-corrected chi connectivity index (χ0v) is 15.3. The van der Waals surface area contributed by atoms with Crippen molar-refractivity contribution in [2.24, 2.45) is 5.92 Å². The fraction of sp³-hybridized carbons (Fsp3) is 0.368. The second-order valence-electron chi connectivity index (χ2n) is 6.73. The highest BCUT2D eigenvalue weighted by Crippen LogP contribution is 2.31. The minimum atomic E-state index is 0.0422. The molecule has 0 radical (unpaired) electrons. The van der Waals surface area contributed by atoms with Gasteiger partial charge in [0.2, 0.25) is 0 Å². The number of piperidine rings is 1. The average Bonchev–Trinajstić information content (AvgIpc) is 2.88. The summed E-state index contributed by atoms with van der Waals surface area (Å²) < 4.78 is 0.629. The van der Waals surface area contributed by atoms with Crippen LogP contribution in [0.3, 0.4) is 0 Å². The van der Waals surface area contributed by atoms with Gasteiger partial charge < -0.3 is 9.80 Å². The van der Waals surface area contributed by atoms with Gasteiger partial charge in [-0.25, -0.2) is 0 Å². The number of fused-ring (bicyclic) bond motifs is 4. The summed E-state index contributed by atoms with van der Waals surface area (Å²) in [4.78, 5) is 30.3. The molecule has 0 saturated carbocycles. The topological polar surface area (TPSA) is 40.6 Å². The summed E-state index contributed by atoms with van der Waals surface area (Å²) in [7, 11) is 0. The quantitative estimate of drug-likeness (QED) is 0.802. The summed E-state index contributed by atoms with van der Waals surface area (Å²) in [5.41, 5.74) is 0.715. The van der Waals surface area contributed by atoms with Gasteiger partial charge in [-0.05, 0) is 43.0 Å². The van der Waals surface area contributed by atoms with Gasteiger partial charge in [0.05, 0.1) is 9.21 Å². The minimum Gasteiger partial charge on any atom is -0.336 e. The maximum Gasteiger partial charge on any atom is 0.264 e. The molecule has 3 aliphatic heterocycles. The first-order chi connectivity index (χ1) is 12.1. The summed E-state index contributed by atoms with van der Waals surface area (Å²) >= 11 is 7.30. The number of thiophene rings is 1. The van der Waals surface area contributed by atoms with E-state index >= 15 is 0 Å². The Morgan fingerprint density at radius 1 is 0.960 bits per heavy atom. The highest BCUT2D eigenvalue weighted by atomic mass is 35.5. The van der Waals surface area contributed by atoms with Crippen molar-refractivity contribution in [3.63, 3.8) is 0 Å². The van der Waals surface area contributed by atoms with E-state index < -0.39 is 0 Å². The molecule has 2 atom stereocenters. The van der Waals surface area contributed by atoms with Crippen LogP contribution in [-0.2, 0) is 0 Å². The van der Waals surface area contributed by atoms with Gasteiger partial charge in [-0.3, -0.25) is 9.59 Å². The van der Waals surface area contributed by atoms with Crippen molar-refractivity contribution in [2.45, 2.75) is 18.9 Å².